The summed E-state index contributed by atoms with van der Waals surface area (Å²) in [5, 5.41) is 0.564. The lowest BCUT2D eigenvalue weighted by atomic mass is 9.98. The van der Waals surface area contributed by atoms with Crippen LogP contribution >= 0.6 is 11.6 Å². The number of halogens is 1. The summed E-state index contributed by atoms with van der Waals surface area (Å²) in [5.74, 6) is 0.456. The molecule has 0 spiro atoms. The summed E-state index contributed by atoms with van der Waals surface area (Å²) in [6.07, 6.45) is 5.96. The van der Waals surface area contributed by atoms with E-state index in [4.69, 9.17) is 27.8 Å². The third-order valence-electron chi connectivity index (χ3n) is 3.11. The van der Waals surface area contributed by atoms with Crippen LogP contribution in [0.2, 0.25) is 5.02 Å². The van der Waals surface area contributed by atoms with Crippen molar-refractivity contribution >= 4 is 17.4 Å². The number of anilines is 1. The Kier molecular flexibility index (Phi) is 4.20. The molecule has 4 N–H and O–H groups in total. The second-order valence-corrected chi connectivity index (χ2v) is 4.90. The minimum atomic E-state index is -0.163. The van der Waals surface area contributed by atoms with Gasteiger partial charge in [-0.25, -0.2) is 4.98 Å². The van der Waals surface area contributed by atoms with Gasteiger partial charge in [0.05, 0.1) is 11.1 Å². The van der Waals surface area contributed by atoms with Gasteiger partial charge in [-0.15, -0.1) is 0 Å². The van der Waals surface area contributed by atoms with Gasteiger partial charge >= 0.3 is 0 Å². The summed E-state index contributed by atoms with van der Waals surface area (Å²) in [5.41, 5.74) is 12.8. The van der Waals surface area contributed by atoms with Crippen LogP contribution in [-0.2, 0) is 4.74 Å². The number of nitrogens with zero attached hydrogens (tertiary/aromatic N) is 1. The van der Waals surface area contributed by atoms with Crippen LogP contribution in [0.4, 0.5) is 5.82 Å². The summed E-state index contributed by atoms with van der Waals surface area (Å²) in [6.45, 7) is 0.834. The van der Waals surface area contributed by atoms with Gasteiger partial charge in [-0.1, -0.05) is 11.6 Å². The van der Waals surface area contributed by atoms with Crippen LogP contribution in [0.1, 0.15) is 37.3 Å². The maximum absolute atomic E-state index is 6.14. The first-order chi connectivity index (χ1) is 8.16. The molecule has 2 atom stereocenters. The number of nitrogen functional groups attached to an aromatic ring is 1. The smallest absolute Gasteiger partial charge is 0.128 e. The Bertz CT molecular complexity index is 380. The lowest BCUT2D eigenvalue weighted by Crippen LogP contribution is -2.25. The van der Waals surface area contributed by atoms with Gasteiger partial charge in [0.1, 0.15) is 5.82 Å². The zero-order valence-corrected chi connectivity index (χ0v) is 10.5. The quantitative estimate of drug-likeness (QED) is 0.869. The standard InChI is InChI=1S/C12H18ClN3O/c13-8-5-10(12(15)16-7-8)11(14)6-9-3-1-2-4-17-9/h5,7,9,11H,1-4,6,14H2,(H2,15,16). The van der Waals surface area contributed by atoms with Crippen molar-refractivity contribution in [3.05, 3.63) is 22.8 Å². The molecule has 2 unspecified atom stereocenters. The second-order valence-electron chi connectivity index (χ2n) is 4.46. The molecule has 1 aromatic heterocycles. The molecule has 1 aliphatic rings. The van der Waals surface area contributed by atoms with Crippen LogP contribution in [0.25, 0.3) is 0 Å². The highest BCUT2D eigenvalue weighted by atomic mass is 35.5. The van der Waals surface area contributed by atoms with Crippen LogP contribution in [0, 0.1) is 0 Å². The van der Waals surface area contributed by atoms with Gasteiger partial charge < -0.3 is 16.2 Å². The average molecular weight is 256 g/mol. The molecule has 0 bridgehead atoms. The zero-order chi connectivity index (χ0) is 12.3. The van der Waals surface area contributed by atoms with Crippen LogP contribution in [-0.4, -0.2) is 17.7 Å². The minimum Gasteiger partial charge on any atom is -0.383 e. The van der Waals surface area contributed by atoms with Crippen molar-refractivity contribution in [2.75, 3.05) is 12.3 Å². The first kappa shape index (κ1) is 12.6. The normalized spacial score (nSPS) is 22.4. The van der Waals surface area contributed by atoms with Crippen molar-refractivity contribution in [3.8, 4) is 0 Å². The fourth-order valence-corrected chi connectivity index (χ4v) is 2.33. The van der Waals surface area contributed by atoms with E-state index in [2.05, 4.69) is 4.98 Å². The van der Waals surface area contributed by atoms with Crippen LogP contribution in [0.5, 0.6) is 0 Å². The van der Waals surface area contributed by atoms with E-state index in [0.29, 0.717) is 10.8 Å². The number of hydrogen-bond donors (Lipinski definition) is 2. The summed E-state index contributed by atoms with van der Waals surface area (Å²) >= 11 is 5.90. The molecule has 0 saturated carbocycles. The number of aromatic nitrogens is 1. The molecule has 2 rings (SSSR count). The second kappa shape index (κ2) is 5.67. The average Bonchev–Trinajstić information content (AvgIpc) is 2.33. The number of nitrogens with two attached hydrogens (primary N) is 2. The molecular weight excluding hydrogens is 238 g/mol. The van der Waals surface area contributed by atoms with Crippen molar-refractivity contribution in [2.45, 2.75) is 37.8 Å². The first-order valence-corrected chi connectivity index (χ1v) is 6.32. The van der Waals surface area contributed by atoms with Crippen LogP contribution in [0.15, 0.2) is 12.3 Å². The third-order valence-corrected chi connectivity index (χ3v) is 3.31. The highest BCUT2D eigenvalue weighted by molar-refractivity contribution is 6.30. The fourth-order valence-electron chi connectivity index (χ4n) is 2.17. The summed E-state index contributed by atoms with van der Waals surface area (Å²) in [4.78, 5) is 4.02. The molecular formula is C12H18ClN3O. The Morgan fingerprint density at radius 1 is 1.53 bits per heavy atom. The summed E-state index contributed by atoms with van der Waals surface area (Å²) in [6, 6.07) is 1.63. The highest BCUT2D eigenvalue weighted by Crippen LogP contribution is 2.27. The van der Waals surface area contributed by atoms with Crippen molar-refractivity contribution in [1.82, 2.24) is 4.98 Å². The Balaban J connectivity index is 2.02. The molecule has 1 aliphatic heterocycles. The lowest BCUT2D eigenvalue weighted by Gasteiger charge is -2.25. The lowest BCUT2D eigenvalue weighted by molar-refractivity contribution is 0.00732. The summed E-state index contributed by atoms with van der Waals surface area (Å²) < 4.78 is 5.67. The van der Waals surface area contributed by atoms with Gasteiger partial charge in [0.25, 0.3) is 0 Å². The molecule has 0 radical (unpaired) electrons. The molecule has 1 saturated heterocycles. The van der Waals surface area contributed by atoms with Gasteiger partial charge in [0.2, 0.25) is 0 Å². The highest BCUT2D eigenvalue weighted by Gasteiger charge is 2.20. The van der Waals surface area contributed by atoms with Crippen molar-refractivity contribution in [3.63, 3.8) is 0 Å². The van der Waals surface area contributed by atoms with E-state index >= 15 is 0 Å². The van der Waals surface area contributed by atoms with E-state index in [1.807, 2.05) is 0 Å². The molecule has 1 aromatic rings. The third kappa shape index (κ3) is 3.31. The Morgan fingerprint density at radius 3 is 3.06 bits per heavy atom. The Morgan fingerprint density at radius 2 is 2.35 bits per heavy atom. The number of rotatable bonds is 3. The number of pyridine rings is 1. The van der Waals surface area contributed by atoms with E-state index in [-0.39, 0.29) is 12.1 Å². The maximum Gasteiger partial charge on any atom is 0.128 e. The maximum atomic E-state index is 6.14. The van der Waals surface area contributed by atoms with Gasteiger partial charge in [0.15, 0.2) is 0 Å². The van der Waals surface area contributed by atoms with Crippen LogP contribution in [0.3, 0.4) is 0 Å². The molecule has 0 aromatic carbocycles. The van der Waals surface area contributed by atoms with E-state index in [9.17, 15) is 0 Å². The van der Waals surface area contributed by atoms with Gasteiger partial charge in [-0.2, -0.15) is 0 Å². The largest absolute Gasteiger partial charge is 0.383 e. The zero-order valence-electron chi connectivity index (χ0n) is 9.73. The molecule has 17 heavy (non-hydrogen) atoms. The SMILES string of the molecule is Nc1ncc(Cl)cc1C(N)CC1CCCCO1. The summed E-state index contributed by atoms with van der Waals surface area (Å²) in [7, 11) is 0. The van der Waals surface area contributed by atoms with E-state index in [1.165, 1.54) is 12.6 Å². The first-order valence-electron chi connectivity index (χ1n) is 5.95. The number of ether oxygens (including phenoxy) is 1. The predicted molar refractivity (Wildman–Crippen MR) is 68.8 cm³/mol. The Labute approximate surface area is 106 Å². The topological polar surface area (TPSA) is 74.2 Å². The molecule has 1 fully saturated rings. The Hall–Kier alpha value is -0.840. The van der Waals surface area contributed by atoms with Crippen molar-refractivity contribution < 1.29 is 4.74 Å². The van der Waals surface area contributed by atoms with Crippen LogP contribution < -0.4 is 11.5 Å². The molecule has 5 heteroatoms. The molecule has 0 amide bonds. The van der Waals surface area contributed by atoms with Gasteiger partial charge in [0, 0.05) is 24.4 Å². The van der Waals surface area contributed by atoms with E-state index < -0.39 is 0 Å². The molecule has 2 heterocycles. The number of hydrogen-bond acceptors (Lipinski definition) is 4. The molecule has 94 valence electrons. The monoisotopic (exact) mass is 255 g/mol. The minimum absolute atomic E-state index is 0.163. The van der Waals surface area contributed by atoms with Crippen molar-refractivity contribution in [1.29, 1.82) is 0 Å². The molecule has 0 aliphatic carbocycles. The van der Waals surface area contributed by atoms with Gasteiger partial charge in [-0.3, -0.25) is 0 Å². The van der Waals surface area contributed by atoms with E-state index in [0.717, 1.165) is 31.4 Å². The van der Waals surface area contributed by atoms with E-state index in [1.54, 1.807) is 6.07 Å². The van der Waals surface area contributed by atoms with Crippen molar-refractivity contribution in [2.24, 2.45) is 5.73 Å². The van der Waals surface area contributed by atoms with Gasteiger partial charge in [-0.05, 0) is 31.7 Å². The molecule has 4 nitrogen and oxygen atoms in total. The fraction of sp³-hybridized carbons (Fsp3) is 0.583. The predicted octanol–water partition coefficient (Wildman–Crippen LogP) is 2.28.